The highest BCUT2D eigenvalue weighted by Gasteiger charge is 2.12. The monoisotopic (exact) mass is 240 g/mol. The van der Waals surface area contributed by atoms with Crippen molar-refractivity contribution in [3.05, 3.63) is 29.8 Å². The molecule has 0 aliphatic rings. The van der Waals surface area contributed by atoms with Gasteiger partial charge in [0.05, 0.1) is 12.5 Å². The molecular formula is C11H10F2N2O2. The van der Waals surface area contributed by atoms with Gasteiger partial charge in [-0.3, -0.25) is 0 Å². The van der Waals surface area contributed by atoms with Gasteiger partial charge in [0.2, 0.25) is 0 Å². The maximum atomic E-state index is 12.8. The summed E-state index contributed by atoms with van der Waals surface area (Å²) in [4.78, 5) is 12.6. The predicted molar refractivity (Wildman–Crippen MR) is 55.2 cm³/mol. The molecular weight excluding hydrogens is 230 g/mol. The number of halogens is 2. The zero-order valence-corrected chi connectivity index (χ0v) is 9.11. The number of rotatable bonds is 3. The van der Waals surface area contributed by atoms with Crippen LogP contribution in [0.3, 0.4) is 0 Å². The van der Waals surface area contributed by atoms with Crippen LogP contribution in [0.2, 0.25) is 0 Å². The zero-order chi connectivity index (χ0) is 12.8. The largest absolute Gasteiger partial charge is 0.414 e. The summed E-state index contributed by atoms with van der Waals surface area (Å²) < 4.78 is 30.2. The summed E-state index contributed by atoms with van der Waals surface area (Å²) in [6.07, 6.45) is -0.560. The molecule has 0 bridgehead atoms. The van der Waals surface area contributed by atoms with Crippen LogP contribution in [-0.2, 0) is 0 Å². The molecule has 0 heterocycles. The summed E-state index contributed by atoms with van der Waals surface area (Å²) in [5.41, 5.74) is 0. The van der Waals surface area contributed by atoms with Gasteiger partial charge in [0, 0.05) is 19.7 Å². The molecule has 0 aliphatic heterocycles. The summed E-state index contributed by atoms with van der Waals surface area (Å²) in [6, 6.07) is 4.67. The van der Waals surface area contributed by atoms with Crippen molar-refractivity contribution in [1.29, 1.82) is 5.26 Å². The summed E-state index contributed by atoms with van der Waals surface area (Å²) in [5, 5.41) is 8.33. The number of carbonyl (C=O) groups excluding carboxylic acids is 1. The van der Waals surface area contributed by atoms with Crippen molar-refractivity contribution in [2.45, 2.75) is 6.42 Å². The molecule has 0 unspecified atom stereocenters. The summed E-state index contributed by atoms with van der Waals surface area (Å²) in [7, 11) is 1.44. The summed E-state index contributed by atoms with van der Waals surface area (Å²) in [6.45, 7) is 0.207. The minimum atomic E-state index is -1.09. The Morgan fingerprint density at radius 1 is 1.47 bits per heavy atom. The second-order valence-electron chi connectivity index (χ2n) is 3.27. The van der Waals surface area contributed by atoms with Crippen LogP contribution in [0, 0.1) is 23.0 Å². The molecule has 17 heavy (non-hydrogen) atoms. The fourth-order valence-electron chi connectivity index (χ4n) is 1.03. The molecule has 1 amide bonds. The minimum absolute atomic E-state index is 0.0855. The van der Waals surface area contributed by atoms with E-state index in [0.717, 1.165) is 18.2 Å². The Morgan fingerprint density at radius 2 is 2.18 bits per heavy atom. The molecule has 0 fully saturated rings. The quantitative estimate of drug-likeness (QED) is 0.814. The van der Waals surface area contributed by atoms with E-state index in [1.54, 1.807) is 0 Å². The molecule has 1 rings (SSSR count). The molecule has 0 saturated heterocycles. The molecule has 0 radical (unpaired) electrons. The Bertz CT molecular complexity index is 457. The topological polar surface area (TPSA) is 53.3 Å². The minimum Gasteiger partial charge on any atom is -0.410 e. The fraction of sp³-hybridized carbons (Fsp3) is 0.273. The molecule has 0 aromatic heterocycles. The first kappa shape index (κ1) is 12.9. The molecule has 1 aromatic carbocycles. The number of nitrogens with zero attached hydrogens (tertiary/aromatic N) is 2. The molecule has 0 spiro atoms. The van der Waals surface area contributed by atoms with Gasteiger partial charge in [-0.2, -0.15) is 5.26 Å². The van der Waals surface area contributed by atoms with Gasteiger partial charge in [0.25, 0.3) is 0 Å². The van der Waals surface area contributed by atoms with E-state index in [1.807, 2.05) is 6.07 Å². The number of hydrogen-bond donors (Lipinski definition) is 0. The number of ether oxygens (including phenoxy) is 1. The van der Waals surface area contributed by atoms with Crippen molar-refractivity contribution < 1.29 is 18.3 Å². The van der Waals surface area contributed by atoms with Gasteiger partial charge >= 0.3 is 6.09 Å². The summed E-state index contributed by atoms with van der Waals surface area (Å²) >= 11 is 0. The van der Waals surface area contributed by atoms with Crippen LogP contribution in [0.1, 0.15) is 6.42 Å². The van der Waals surface area contributed by atoms with Gasteiger partial charge in [-0.15, -0.1) is 0 Å². The van der Waals surface area contributed by atoms with Gasteiger partial charge < -0.3 is 9.64 Å². The Hall–Kier alpha value is -2.16. The normalized spacial score (nSPS) is 9.53. The van der Waals surface area contributed by atoms with Crippen molar-refractivity contribution in [3.8, 4) is 11.8 Å². The maximum absolute atomic E-state index is 12.8. The highest BCUT2D eigenvalue weighted by Crippen LogP contribution is 2.16. The first-order valence-corrected chi connectivity index (χ1v) is 4.79. The average molecular weight is 240 g/mol. The van der Waals surface area contributed by atoms with E-state index in [2.05, 4.69) is 0 Å². The third kappa shape index (κ3) is 3.72. The highest BCUT2D eigenvalue weighted by molar-refractivity contribution is 5.70. The number of amides is 1. The van der Waals surface area contributed by atoms with Crippen LogP contribution in [-0.4, -0.2) is 24.6 Å². The Morgan fingerprint density at radius 3 is 2.76 bits per heavy atom. The smallest absolute Gasteiger partial charge is 0.410 e. The first-order chi connectivity index (χ1) is 8.04. The predicted octanol–water partition coefficient (Wildman–Crippen LogP) is 2.31. The molecule has 4 nitrogen and oxygen atoms in total. The lowest BCUT2D eigenvalue weighted by molar-refractivity contribution is 0.163. The van der Waals surface area contributed by atoms with Crippen LogP contribution >= 0.6 is 0 Å². The van der Waals surface area contributed by atoms with Crippen molar-refractivity contribution in [2.24, 2.45) is 0 Å². The lowest BCUT2D eigenvalue weighted by Gasteiger charge is -2.14. The van der Waals surface area contributed by atoms with E-state index in [4.69, 9.17) is 10.00 Å². The number of carbonyl (C=O) groups is 1. The maximum Gasteiger partial charge on any atom is 0.414 e. The fourth-order valence-corrected chi connectivity index (χ4v) is 1.03. The van der Waals surface area contributed by atoms with Crippen LogP contribution < -0.4 is 4.74 Å². The van der Waals surface area contributed by atoms with Crippen molar-refractivity contribution >= 4 is 6.09 Å². The van der Waals surface area contributed by atoms with Gasteiger partial charge in [-0.05, 0) is 12.1 Å². The van der Waals surface area contributed by atoms with Crippen molar-refractivity contribution in [2.75, 3.05) is 13.6 Å². The van der Waals surface area contributed by atoms with Gasteiger partial charge in [0.15, 0.2) is 11.6 Å². The summed E-state index contributed by atoms with van der Waals surface area (Å²) in [5.74, 6) is -2.18. The Labute approximate surface area is 97.0 Å². The van der Waals surface area contributed by atoms with E-state index >= 15 is 0 Å². The van der Waals surface area contributed by atoms with Gasteiger partial charge in [-0.1, -0.05) is 0 Å². The van der Waals surface area contributed by atoms with E-state index in [9.17, 15) is 13.6 Å². The van der Waals surface area contributed by atoms with Crippen molar-refractivity contribution in [3.63, 3.8) is 0 Å². The van der Waals surface area contributed by atoms with Crippen LogP contribution in [0.4, 0.5) is 13.6 Å². The van der Waals surface area contributed by atoms with Crippen molar-refractivity contribution in [1.82, 2.24) is 4.90 Å². The third-order valence-electron chi connectivity index (χ3n) is 1.97. The molecule has 6 heteroatoms. The molecule has 90 valence electrons. The van der Waals surface area contributed by atoms with E-state index in [1.165, 1.54) is 11.9 Å². The first-order valence-electron chi connectivity index (χ1n) is 4.79. The van der Waals surface area contributed by atoms with Gasteiger partial charge in [0.1, 0.15) is 5.75 Å². The van der Waals surface area contributed by atoms with E-state index in [-0.39, 0.29) is 18.7 Å². The third-order valence-corrected chi connectivity index (χ3v) is 1.97. The number of nitriles is 1. The van der Waals surface area contributed by atoms with Crippen LogP contribution in [0.25, 0.3) is 0 Å². The molecule has 0 saturated carbocycles. The Kier molecular flexibility index (Phi) is 4.40. The highest BCUT2D eigenvalue weighted by atomic mass is 19.2. The van der Waals surface area contributed by atoms with Crippen LogP contribution in [0.5, 0.6) is 5.75 Å². The molecule has 1 aromatic rings. The lowest BCUT2D eigenvalue weighted by Crippen LogP contribution is -2.30. The zero-order valence-electron chi connectivity index (χ0n) is 9.11. The van der Waals surface area contributed by atoms with Crippen LogP contribution in [0.15, 0.2) is 18.2 Å². The second-order valence-corrected chi connectivity index (χ2v) is 3.27. The Balaban J connectivity index is 2.62. The molecule has 0 N–H and O–H groups in total. The number of hydrogen-bond acceptors (Lipinski definition) is 3. The molecule has 0 atom stereocenters. The van der Waals surface area contributed by atoms with E-state index < -0.39 is 17.7 Å². The standard InChI is InChI=1S/C11H10F2N2O2/c1-15(6-2-5-14)11(16)17-8-3-4-9(12)10(13)7-8/h3-4,7H,2,6H2,1H3. The second kappa shape index (κ2) is 5.80. The van der Waals surface area contributed by atoms with E-state index in [0.29, 0.717) is 0 Å². The number of benzene rings is 1. The average Bonchev–Trinajstić information content (AvgIpc) is 2.30. The van der Waals surface area contributed by atoms with Gasteiger partial charge in [-0.25, -0.2) is 13.6 Å². The SMILES string of the molecule is CN(CCC#N)C(=O)Oc1ccc(F)c(F)c1. The molecule has 0 aliphatic carbocycles. The lowest BCUT2D eigenvalue weighted by atomic mass is 10.3.